The molecule has 0 saturated heterocycles. The first-order chi connectivity index (χ1) is 18.0. The molecule has 0 radical (unpaired) electrons. The fourth-order valence-corrected chi connectivity index (χ4v) is 5.53. The van der Waals surface area contributed by atoms with Gasteiger partial charge in [-0.2, -0.15) is 0 Å². The van der Waals surface area contributed by atoms with Crippen LogP contribution in [0.2, 0.25) is 0 Å². The second-order valence-electron chi connectivity index (χ2n) is 8.63. The summed E-state index contributed by atoms with van der Waals surface area (Å²) in [6.07, 6.45) is 4.07. The number of benzene rings is 3. The van der Waals surface area contributed by atoms with Crippen LogP contribution >= 0.6 is 0 Å². The number of amides is 1. The van der Waals surface area contributed by atoms with Gasteiger partial charge in [0.15, 0.2) is 0 Å². The summed E-state index contributed by atoms with van der Waals surface area (Å²) in [6, 6.07) is 22.7. The second-order valence-corrected chi connectivity index (χ2v) is 12.2. The maximum absolute atomic E-state index is 12.8. The standard InChI is InChI=1S/C27H26N4O5S2/c1-20-5-7-21(8-6-20)19-31(37(2,33)34)25-13-9-22(10-14-25)27(32)29-23-11-15-26(16-12-23)38(35,36)30-24-4-3-17-28-18-24/h3-18,30H,19H2,1-2H3,(H,29,32). The molecular weight excluding hydrogens is 524 g/mol. The number of nitrogens with one attached hydrogen (secondary N) is 2. The van der Waals surface area contributed by atoms with Crippen LogP contribution in [-0.2, 0) is 26.6 Å². The van der Waals surface area contributed by atoms with E-state index in [1.807, 2.05) is 31.2 Å². The maximum atomic E-state index is 12.8. The molecule has 0 spiro atoms. The predicted octanol–water partition coefficient (Wildman–Crippen LogP) is 4.41. The molecule has 0 aliphatic rings. The third kappa shape index (κ3) is 6.75. The summed E-state index contributed by atoms with van der Waals surface area (Å²) in [4.78, 5) is 16.7. The monoisotopic (exact) mass is 550 g/mol. The zero-order valence-electron chi connectivity index (χ0n) is 20.7. The average molecular weight is 551 g/mol. The van der Waals surface area contributed by atoms with Crippen LogP contribution in [0.3, 0.4) is 0 Å². The summed E-state index contributed by atoms with van der Waals surface area (Å²) in [5, 5.41) is 2.71. The Labute approximate surface area is 222 Å². The smallest absolute Gasteiger partial charge is 0.261 e. The summed E-state index contributed by atoms with van der Waals surface area (Å²) in [5.74, 6) is -0.426. The Morgan fingerprint density at radius 1 is 0.842 bits per heavy atom. The van der Waals surface area contributed by atoms with Gasteiger partial charge in [0.05, 0.1) is 35.3 Å². The van der Waals surface area contributed by atoms with E-state index in [1.165, 1.54) is 53.1 Å². The fraction of sp³-hybridized carbons (Fsp3) is 0.111. The molecule has 0 fully saturated rings. The molecule has 9 nitrogen and oxygen atoms in total. The molecule has 0 atom stereocenters. The van der Waals surface area contributed by atoms with E-state index in [0.29, 0.717) is 22.6 Å². The zero-order chi connectivity index (χ0) is 27.3. The largest absolute Gasteiger partial charge is 0.322 e. The molecule has 4 rings (SSSR count). The van der Waals surface area contributed by atoms with E-state index in [2.05, 4.69) is 15.0 Å². The van der Waals surface area contributed by atoms with E-state index in [-0.39, 0.29) is 11.4 Å². The summed E-state index contributed by atoms with van der Waals surface area (Å²) in [6.45, 7) is 2.12. The number of sulfonamides is 2. The van der Waals surface area contributed by atoms with Crippen LogP contribution < -0.4 is 14.3 Å². The van der Waals surface area contributed by atoms with Crippen molar-refractivity contribution < 1.29 is 21.6 Å². The first-order valence-corrected chi connectivity index (χ1v) is 14.8. The van der Waals surface area contributed by atoms with E-state index >= 15 is 0 Å². The normalized spacial score (nSPS) is 11.5. The van der Waals surface area contributed by atoms with Crippen molar-refractivity contribution in [3.05, 3.63) is 114 Å². The topological polar surface area (TPSA) is 126 Å². The minimum Gasteiger partial charge on any atom is -0.322 e. The van der Waals surface area contributed by atoms with Crippen molar-refractivity contribution >= 4 is 43.0 Å². The SMILES string of the molecule is Cc1ccc(CN(c2ccc(C(=O)Nc3ccc(S(=O)(=O)Nc4cccnc4)cc3)cc2)S(C)(=O)=O)cc1. The van der Waals surface area contributed by atoms with Gasteiger partial charge in [0, 0.05) is 17.4 Å². The van der Waals surface area contributed by atoms with Gasteiger partial charge in [-0.25, -0.2) is 16.8 Å². The molecule has 196 valence electrons. The lowest BCUT2D eigenvalue weighted by Crippen LogP contribution is -2.29. The minimum absolute atomic E-state index is 0.0261. The minimum atomic E-state index is -3.82. The molecule has 0 aliphatic carbocycles. The number of anilines is 3. The molecular formula is C27H26N4O5S2. The van der Waals surface area contributed by atoms with Crippen molar-refractivity contribution in [1.29, 1.82) is 0 Å². The van der Waals surface area contributed by atoms with Crippen LogP contribution in [0.4, 0.5) is 17.1 Å². The average Bonchev–Trinajstić information content (AvgIpc) is 2.88. The van der Waals surface area contributed by atoms with Gasteiger partial charge in [0.1, 0.15) is 0 Å². The first kappa shape index (κ1) is 26.8. The quantitative estimate of drug-likeness (QED) is 0.318. The summed E-state index contributed by atoms with van der Waals surface area (Å²) in [5.41, 5.74) is 3.39. The van der Waals surface area contributed by atoms with Crippen molar-refractivity contribution in [2.45, 2.75) is 18.4 Å². The third-order valence-electron chi connectivity index (χ3n) is 5.60. The molecule has 0 unspecified atom stereocenters. The molecule has 1 heterocycles. The van der Waals surface area contributed by atoms with Crippen LogP contribution in [0.5, 0.6) is 0 Å². The summed E-state index contributed by atoms with van der Waals surface area (Å²) >= 11 is 0. The lowest BCUT2D eigenvalue weighted by atomic mass is 10.1. The second kappa shape index (κ2) is 11.0. The van der Waals surface area contributed by atoms with Gasteiger partial charge in [-0.3, -0.25) is 18.8 Å². The summed E-state index contributed by atoms with van der Waals surface area (Å²) < 4.78 is 53.8. The predicted molar refractivity (Wildman–Crippen MR) is 148 cm³/mol. The van der Waals surface area contributed by atoms with Crippen LogP contribution in [-0.4, -0.2) is 34.0 Å². The molecule has 1 aromatic heterocycles. The molecule has 11 heteroatoms. The Kier molecular flexibility index (Phi) is 7.79. The highest BCUT2D eigenvalue weighted by Gasteiger charge is 2.19. The molecule has 0 aliphatic heterocycles. The molecule has 1 amide bonds. The Balaban J connectivity index is 1.44. The molecule has 3 aromatic carbocycles. The lowest BCUT2D eigenvalue weighted by molar-refractivity contribution is 0.102. The van der Waals surface area contributed by atoms with Gasteiger partial charge in [0.25, 0.3) is 15.9 Å². The molecule has 0 saturated carbocycles. The highest BCUT2D eigenvalue weighted by atomic mass is 32.2. The Morgan fingerprint density at radius 2 is 1.50 bits per heavy atom. The Morgan fingerprint density at radius 3 is 2.08 bits per heavy atom. The number of aryl methyl sites for hydroxylation is 1. The van der Waals surface area contributed by atoms with Gasteiger partial charge >= 0.3 is 0 Å². The van der Waals surface area contributed by atoms with Crippen molar-refractivity contribution in [3.8, 4) is 0 Å². The third-order valence-corrected chi connectivity index (χ3v) is 8.14. The maximum Gasteiger partial charge on any atom is 0.261 e. The fourth-order valence-electron chi connectivity index (χ4n) is 3.60. The molecule has 4 aromatic rings. The van der Waals surface area contributed by atoms with E-state index in [4.69, 9.17) is 0 Å². The number of nitrogens with zero attached hydrogens (tertiary/aromatic N) is 2. The van der Waals surface area contributed by atoms with Crippen molar-refractivity contribution in [2.75, 3.05) is 20.6 Å². The van der Waals surface area contributed by atoms with E-state index in [1.54, 1.807) is 24.3 Å². The Hall–Kier alpha value is -4.22. The van der Waals surface area contributed by atoms with Crippen LogP contribution in [0.25, 0.3) is 0 Å². The highest BCUT2D eigenvalue weighted by molar-refractivity contribution is 7.92. The summed E-state index contributed by atoms with van der Waals surface area (Å²) in [7, 11) is -7.39. The van der Waals surface area contributed by atoms with Crippen molar-refractivity contribution in [2.24, 2.45) is 0 Å². The van der Waals surface area contributed by atoms with E-state index < -0.39 is 26.0 Å². The van der Waals surface area contributed by atoms with Gasteiger partial charge < -0.3 is 5.32 Å². The van der Waals surface area contributed by atoms with Crippen molar-refractivity contribution in [1.82, 2.24) is 4.98 Å². The van der Waals surface area contributed by atoms with Gasteiger partial charge in [-0.15, -0.1) is 0 Å². The number of carbonyl (C=O) groups excluding carboxylic acids is 1. The van der Waals surface area contributed by atoms with E-state index in [9.17, 15) is 21.6 Å². The van der Waals surface area contributed by atoms with Crippen molar-refractivity contribution in [3.63, 3.8) is 0 Å². The number of hydrogen-bond acceptors (Lipinski definition) is 6. The number of rotatable bonds is 9. The van der Waals surface area contributed by atoms with Gasteiger partial charge in [-0.1, -0.05) is 29.8 Å². The molecule has 0 bridgehead atoms. The molecule has 38 heavy (non-hydrogen) atoms. The number of hydrogen-bond donors (Lipinski definition) is 2. The molecule has 2 N–H and O–H groups in total. The number of aromatic nitrogens is 1. The van der Waals surface area contributed by atoms with Gasteiger partial charge in [-0.05, 0) is 73.2 Å². The zero-order valence-corrected chi connectivity index (χ0v) is 22.3. The van der Waals surface area contributed by atoms with Gasteiger partial charge in [0.2, 0.25) is 10.0 Å². The van der Waals surface area contributed by atoms with Crippen LogP contribution in [0.15, 0.2) is 102 Å². The number of pyridine rings is 1. The van der Waals surface area contributed by atoms with Crippen LogP contribution in [0.1, 0.15) is 21.5 Å². The highest BCUT2D eigenvalue weighted by Crippen LogP contribution is 2.23. The Bertz CT molecular complexity index is 1620. The number of carbonyl (C=O) groups is 1. The first-order valence-electron chi connectivity index (χ1n) is 11.5. The van der Waals surface area contributed by atoms with Crippen LogP contribution in [0, 0.1) is 6.92 Å². The van der Waals surface area contributed by atoms with E-state index in [0.717, 1.165) is 17.4 Å². The lowest BCUT2D eigenvalue weighted by Gasteiger charge is -2.23.